The van der Waals surface area contributed by atoms with E-state index in [0.29, 0.717) is 46.6 Å². The highest BCUT2D eigenvalue weighted by Crippen LogP contribution is 2.29. The van der Waals surface area contributed by atoms with Gasteiger partial charge in [0, 0.05) is 56.3 Å². The van der Waals surface area contributed by atoms with Crippen LogP contribution in [0.15, 0.2) is 70.7 Å². The summed E-state index contributed by atoms with van der Waals surface area (Å²) < 4.78 is 18.2. The fourth-order valence-electron chi connectivity index (χ4n) is 4.47. The second-order valence-corrected chi connectivity index (χ2v) is 9.38. The van der Waals surface area contributed by atoms with Crippen LogP contribution in [0.2, 0.25) is 0 Å². The molecule has 4 aromatic rings. The fraction of sp³-hybridized carbons (Fsp3) is 0.296. The molecule has 3 aromatic heterocycles. The molecule has 6 rings (SSSR count). The second kappa shape index (κ2) is 10.7. The maximum Gasteiger partial charge on any atom is 0.255 e. The van der Waals surface area contributed by atoms with Crippen LogP contribution >= 0.6 is 0 Å². The zero-order valence-corrected chi connectivity index (χ0v) is 21.7. The van der Waals surface area contributed by atoms with E-state index < -0.39 is 0 Å². The second-order valence-electron chi connectivity index (χ2n) is 9.38. The minimum absolute atomic E-state index is 0.0479. The van der Waals surface area contributed by atoms with Gasteiger partial charge in [0.2, 0.25) is 11.7 Å². The first-order valence-corrected chi connectivity index (χ1v) is 12.7. The summed E-state index contributed by atoms with van der Waals surface area (Å²) in [5.74, 6) is 1.43. The molecule has 0 bridgehead atoms. The van der Waals surface area contributed by atoms with E-state index in [1.54, 1.807) is 40.1 Å². The molecule has 1 amide bonds. The third-order valence-corrected chi connectivity index (χ3v) is 6.67. The van der Waals surface area contributed by atoms with E-state index in [1.165, 1.54) is 0 Å². The average Bonchev–Trinajstić information content (AvgIpc) is 3.61. The first kappa shape index (κ1) is 24.8. The molecule has 0 spiro atoms. The number of ether oxygens (including phenoxy) is 2. The zero-order chi connectivity index (χ0) is 26.8. The maximum atomic E-state index is 12.9. The third kappa shape index (κ3) is 5.11. The Morgan fingerprint density at radius 2 is 2.00 bits per heavy atom. The first-order valence-electron chi connectivity index (χ1n) is 12.7. The van der Waals surface area contributed by atoms with Crippen LogP contribution in [0.5, 0.6) is 5.88 Å². The Labute approximate surface area is 224 Å². The van der Waals surface area contributed by atoms with Gasteiger partial charge in [0.05, 0.1) is 24.5 Å². The van der Waals surface area contributed by atoms with Crippen molar-refractivity contribution in [3.05, 3.63) is 72.0 Å². The number of fused-ring (bicyclic) bond motifs is 3. The van der Waals surface area contributed by atoms with E-state index >= 15 is 0 Å². The number of allylic oxidation sites excluding steroid dienone is 1. The number of carbonyl (C=O) groups is 1. The van der Waals surface area contributed by atoms with E-state index in [4.69, 9.17) is 14.0 Å². The predicted molar refractivity (Wildman–Crippen MR) is 142 cm³/mol. The van der Waals surface area contributed by atoms with Crippen molar-refractivity contribution in [3.63, 3.8) is 0 Å². The Hall–Kier alpha value is -4.55. The van der Waals surface area contributed by atoms with Gasteiger partial charge in [0.15, 0.2) is 11.3 Å². The number of benzene rings is 1. The number of hydrogen-bond donors (Lipinski definition) is 1. The van der Waals surface area contributed by atoms with Crippen LogP contribution in [0.3, 0.4) is 0 Å². The van der Waals surface area contributed by atoms with Gasteiger partial charge in [0.1, 0.15) is 12.0 Å². The highest BCUT2D eigenvalue weighted by Gasteiger charge is 2.19. The third-order valence-electron chi connectivity index (χ3n) is 6.67. The monoisotopic (exact) mass is 528 g/mol. The number of rotatable bonds is 7. The van der Waals surface area contributed by atoms with Gasteiger partial charge in [-0.05, 0) is 25.1 Å². The molecule has 39 heavy (non-hydrogen) atoms. The summed E-state index contributed by atoms with van der Waals surface area (Å²) in [4.78, 5) is 16.9. The van der Waals surface area contributed by atoms with Crippen molar-refractivity contribution < 1.29 is 18.8 Å². The molecule has 0 saturated carbocycles. The molecule has 12 nitrogen and oxygen atoms in total. The van der Waals surface area contributed by atoms with Gasteiger partial charge in [-0.25, -0.2) is 0 Å². The number of carbonyl (C=O) groups excluding carboxylic acids is 1. The van der Waals surface area contributed by atoms with Gasteiger partial charge in [-0.3, -0.25) is 9.69 Å². The molecule has 2 aliphatic rings. The van der Waals surface area contributed by atoms with Crippen molar-refractivity contribution in [2.75, 3.05) is 46.4 Å². The number of aromatic nitrogens is 5. The van der Waals surface area contributed by atoms with Crippen molar-refractivity contribution >= 4 is 22.3 Å². The number of likely N-dealkylation sites (N-methyl/N-ethyl adjacent to an activating group) is 1. The molecule has 1 fully saturated rings. The standard InChI is InChI=1S/C27H28N8O4/c1-18-15-23(32-39-18)25-30-29-24-21-5-3-4-6-22(21)26(31-35(24)25)38-17-20-8-7-19(16-28-20)27(36)33(2)9-10-34-11-13-37-14-12-34/h3-8,15-17,28H,9-14H2,1-2H3. The van der Waals surface area contributed by atoms with Crippen molar-refractivity contribution in [1.29, 1.82) is 0 Å². The molecule has 0 radical (unpaired) electrons. The number of aryl methyl sites for hydroxylation is 1. The van der Waals surface area contributed by atoms with Crippen LogP contribution in [-0.4, -0.2) is 87.1 Å². The van der Waals surface area contributed by atoms with E-state index in [-0.39, 0.29) is 5.91 Å². The number of dihydropyridines is 1. The van der Waals surface area contributed by atoms with E-state index in [0.717, 1.165) is 43.6 Å². The molecule has 200 valence electrons. The summed E-state index contributed by atoms with van der Waals surface area (Å²) in [6, 6.07) is 9.46. The molecular formula is C27H28N8O4. The highest BCUT2D eigenvalue weighted by atomic mass is 16.5. The molecule has 0 unspecified atom stereocenters. The smallest absolute Gasteiger partial charge is 0.255 e. The first-order chi connectivity index (χ1) is 19.1. The SMILES string of the molecule is Cc1cc(-c2nnc3c4ccccc4c(OC=C4C=CC(C(=O)N(C)CCN5CCOCC5)=CN4)nn23)no1. The van der Waals surface area contributed by atoms with Gasteiger partial charge >= 0.3 is 0 Å². The molecule has 1 N–H and O–H groups in total. The van der Waals surface area contributed by atoms with Crippen molar-refractivity contribution in [2.24, 2.45) is 0 Å². The van der Waals surface area contributed by atoms with Crippen LogP contribution in [0, 0.1) is 6.92 Å². The van der Waals surface area contributed by atoms with Gasteiger partial charge < -0.3 is 24.2 Å². The summed E-state index contributed by atoms with van der Waals surface area (Å²) in [6.07, 6.45) is 6.81. The summed E-state index contributed by atoms with van der Waals surface area (Å²) in [5.41, 5.74) is 2.35. The number of amides is 1. The van der Waals surface area contributed by atoms with Crippen LogP contribution in [0.25, 0.3) is 27.9 Å². The van der Waals surface area contributed by atoms with Crippen molar-refractivity contribution in [2.45, 2.75) is 6.92 Å². The van der Waals surface area contributed by atoms with Crippen molar-refractivity contribution in [3.8, 4) is 17.4 Å². The molecule has 1 saturated heterocycles. The lowest BCUT2D eigenvalue weighted by atomic mass is 10.1. The molecule has 5 heterocycles. The molecule has 0 atom stereocenters. The number of morpholine rings is 1. The average molecular weight is 529 g/mol. The van der Waals surface area contributed by atoms with E-state index in [1.807, 2.05) is 38.2 Å². The van der Waals surface area contributed by atoms with Gasteiger partial charge in [-0.2, -0.15) is 4.52 Å². The molecule has 0 aliphatic carbocycles. The summed E-state index contributed by atoms with van der Waals surface area (Å²) >= 11 is 0. The minimum Gasteiger partial charge on any atom is -0.443 e. The maximum absolute atomic E-state index is 12.9. The Balaban J connectivity index is 1.17. The summed E-state index contributed by atoms with van der Waals surface area (Å²) in [5, 5.41) is 22.1. The molecule has 2 aliphatic heterocycles. The van der Waals surface area contributed by atoms with Crippen LogP contribution < -0.4 is 10.1 Å². The number of hydrogen-bond acceptors (Lipinski definition) is 10. The van der Waals surface area contributed by atoms with E-state index in [9.17, 15) is 4.79 Å². The number of nitrogens with one attached hydrogen (secondary N) is 1. The van der Waals surface area contributed by atoms with Crippen LogP contribution in [0.1, 0.15) is 5.76 Å². The molecule has 12 heteroatoms. The molecule has 1 aromatic carbocycles. The Morgan fingerprint density at radius 1 is 1.18 bits per heavy atom. The minimum atomic E-state index is -0.0479. The van der Waals surface area contributed by atoms with E-state index in [2.05, 4.69) is 30.7 Å². The highest BCUT2D eigenvalue weighted by molar-refractivity contribution is 5.97. The van der Waals surface area contributed by atoms with Crippen LogP contribution in [-0.2, 0) is 9.53 Å². The normalized spacial score (nSPS) is 17.0. The lowest BCUT2D eigenvalue weighted by Gasteiger charge is -2.28. The Bertz CT molecular complexity index is 1610. The quantitative estimate of drug-likeness (QED) is 0.358. The Morgan fingerprint density at radius 3 is 2.74 bits per heavy atom. The van der Waals surface area contributed by atoms with Gasteiger partial charge in [-0.1, -0.05) is 23.4 Å². The fourth-order valence-corrected chi connectivity index (χ4v) is 4.47. The number of nitrogens with zero attached hydrogens (tertiary/aromatic N) is 7. The predicted octanol–water partition coefficient (Wildman–Crippen LogP) is 2.30. The Kier molecular flexibility index (Phi) is 6.78. The molecular weight excluding hydrogens is 500 g/mol. The summed E-state index contributed by atoms with van der Waals surface area (Å²) in [6.45, 7) is 6.57. The lowest BCUT2D eigenvalue weighted by Crippen LogP contribution is -2.42. The largest absolute Gasteiger partial charge is 0.443 e. The topological polar surface area (TPSA) is 123 Å². The summed E-state index contributed by atoms with van der Waals surface area (Å²) in [7, 11) is 1.82. The van der Waals surface area contributed by atoms with Crippen LogP contribution in [0.4, 0.5) is 0 Å². The zero-order valence-electron chi connectivity index (χ0n) is 21.7. The lowest BCUT2D eigenvalue weighted by molar-refractivity contribution is -0.125. The van der Waals surface area contributed by atoms with Gasteiger partial charge in [-0.15, -0.1) is 15.3 Å². The van der Waals surface area contributed by atoms with Gasteiger partial charge in [0.25, 0.3) is 5.91 Å². The van der Waals surface area contributed by atoms with Crippen molar-refractivity contribution in [1.82, 2.24) is 40.1 Å².